The average Bonchev–Trinajstić information content (AvgIpc) is 2.44. The van der Waals surface area contributed by atoms with Gasteiger partial charge in [-0.25, -0.2) is 0 Å². The Labute approximate surface area is 135 Å². The molecule has 0 fully saturated rings. The van der Waals surface area contributed by atoms with Crippen LogP contribution < -0.4 is 5.32 Å². The van der Waals surface area contributed by atoms with Crippen LogP contribution in [0.5, 0.6) is 0 Å². The highest BCUT2D eigenvalue weighted by Crippen LogP contribution is 2.16. The summed E-state index contributed by atoms with van der Waals surface area (Å²) in [5.41, 5.74) is 1.29. The van der Waals surface area contributed by atoms with Crippen molar-refractivity contribution in [2.45, 2.75) is 19.3 Å². The number of hydrogen-bond acceptors (Lipinski definition) is 4. The highest BCUT2D eigenvalue weighted by atomic mass is 32.2. The van der Waals surface area contributed by atoms with Gasteiger partial charge in [-0.05, 0) is 11.1 Å². The number of amides is 1. The van der Waals surface area contributed by atoms with Crippen LogP contribution in [0.4, 0.5) is 13.2 Å². The highest BCUT2D eigenvalue weighted by molar-refractivity contribution is 8.00. The number of carbonyl (C=O) groups is 2. The molecule has 1 aromatic carbocycles. The number of carbonyl (C=O) groups excluding carboxylic acids is 1. The largest absolute Gasteiger partial charge is 0.481 e. The van der Waals surface area contributed by atoms with Gasteiger partial charge >= 0.3 is 12.1 Å². The van der Waals surface area contributed by atoms with E-state index >= 15 is 0 Å². The zero-order valence-electron chi connectivity index (χ0n) is 12.1. The highest BCUT2D eigenvalue weighted by Gasteiger charge is 2.27. The molecule has 0 saturated heterocycles. The topological polar surface area (TPSA) is 75.6 Å². The van der Waals surface area contributed by atoms with Gasteiger partial charge in [0.15, 0.2) is 0 Å². The number of rotatable bonds is 9. The summed E-state index contributed by atoms with van der Waals surface area (Å²) >= 11 is 0.983. The molecule has 0 unspecified atom stereocenters. The van der Waals surface area contributed by atoms with Crippen molar-refractivity contribution in [1.82, 2.24) is 5.32 Å². The molecule has 0 aromatic heterocycles. The maximum absolute atomic E-state index is 12.0. The van der Waals surface area contributed by atoms with Gasteiger partial charge in [0.25, 0.3) is 0 Å². The molecule has 0 atom stereocenters. The summed E-state index contributed by atoms with van der Waals surface area (Å²) in [6, 6.07) is 6.65. The molecule has 0 aliphatic rings. The smallest absolute Gasteiger partial charge is 0.411 e. The van der Waals surface area contributed by atoms with Gasteiger partial charge < -0.3 is 15.2 Å². The molecule has 0 radical (unpaired) electrons. The van der Waals surface area contributed by atoms with Crippen molar-refractivity contribution in [2.75, 3.05) is 18.1 Å². The molecule has 2 N–H and O–H groups in total. The number of aliphatic carboxylic acids is 1. The van der Waals surface area contributed by atoms with Crippen molar-refractivity contribution in [3.8, 4) is 0 Å². The Morgan fingerprint density at radius 2 is 1.91 bits per heavy atom. The number of nitrogens with one attached hydrogen (secondary N) is 1. The van der Waals surface area contributed by atoms with Gasteiger partial charge in [-0.3, -0.25) is 9.59 Å². The van der Waals surface area contributed by atoms with Crippen molar-refractivity contribution >= 4 is 23.6 Å². The molecule has 1 amide bonds. The lowest BCUT2D eigenvalue weighted by molar-refractivity contribution is -0.176. The summed E-state index contributed by atoms with van der Waals surface area (Å²) in [5.74, 6) is -1.43. The molecule has 5 nitrogen and oxygen atoms in total. The zero-order chi connectivity index (χ0) is 17.3. The van der Waals surface area contributed by atoms with Crippen LogP contribution in [0, 0.1) is 0 Å². The van der Waals surface area contributed by atoms with E-state index < -0.39 is 18.8 Å². The van der Waals surface area contributed by atoms with Crippen molar-refractivity contribution in [1.29, 1.82) is 0 Å². The first-order valence-corrected chi connectivity index (χ1v) is 7.70. The van der Waals surface area contributed by atoms with Crippen molar-refractivity contribution in [3.05, 3.63) is 35.4 Å². The van der Waals surface area contributed by atoms with Crippen molar-refractivity contribution < 1.29 is 32.6 Å². The standard InChI is InChI=1S/C14H16F3NO4S/c15-14(16,17)9-22-6-11-3-1-2-10(4-11)5-18-12(19)7-23-8-13(20)21/h1-4H,5-9H2,(H,18,19)(H,20,21). The maximum Gasteiger partial charge on any atom is 0.411 e. The molecule has 1 rings (SSSR count). The molecule has 0 heterocycles. The number of carboxylic acids is 1. The lowest BCUT2D eigenvalue weighted by Gasteiger charge is -2.09. The Bertz CT molecular complexity index is 537. The van der Waals surface area contributed by atoms with Gasteiger partial charge in [0.2, 0.25) is 5.91 Å². The molecule has 0 aliphatic carbocycles. The first kappa shape index (κ1) is 19.3. The maximum atomic E-state index is 12.0. The molecule has 23 heavy (non-hydrogen) atoms. The van der Waals surface area contributed by atoms with Gasteiger partial charge in [-0.15, -0.1) is 11.8 Å². The van der Waals surface area contributed by atoms with Gasteiger partial charge in [-0.1, -0.05) is 24.3 Å². The fourth-order valence-electron chi connectivity index (χ4n) is 1.60. The molecule has 0 bridgehead atoms. The summed E-state index contributed by atoms with van der Waals surface area (Å²) in [6.45, 7) is -1.27. The van der Waals surface area contributed by atoms with E-state index in [1.165, 1.54) is 0 Å². The van der Waals surface area contributed by atoms with Crippen LogP contribution in [0.15, 0.2) is 24.3 Å². The van der Waals surface area contributed by atoms with E-state index in [1.807, 2.05) is 0 Å². The molecule has 9 heteroatoms. The second-order valence-corrected chi connectivity index (χ2v) is 5.58. The van der Waals surface area contributed by atoms with E-state index in [1.54, 1.807) is 24.3 Å². The number of alkyl halides is 3. The Kier molecular flexibility index (Phi) is 7.90. The summed E-state index contributed by atoms with van der Waals surface area (Å²) < 4.78 is 40.5. The van der Waals surface area contributed by atoms with Crippen LogP contribution in [0.3, 0.4) is 0 Å². The second-order valence-electron chi connectivity index (χ2n) is 4.59. The van der Waals surface area contributed by atoms with Crippen LogP contribution >= 0.6 is 11.8 Å². The predicted octanol–water partition coefficient (Wildman–Crippen LogP) is 2.20. The third kappa shape index (κ3) is 9.80. The fraction of sp³-hybridized carbons (Fsp3) is 0.429. The Hall–Kier alpha value is -1.74. The first-order valence-electron chi connectivity index (χ1n) is 6.55. The zero-order valence-corrected chi connectivity index (χ0v) is 12.9. The number of halogens is 3. The van der Waals surface area contributed by atoms with Crippen molar-refractivity contribution in [3.63, 3.8) is 0 Å². The van der Waals surface area contributed by atoms with E-state index in [-0.39, 0.29) is 30.6 Å². The third-order valence-electron chi connectivity index (χ3n) is 2.47. The van der Waals surface area contributed by atoms with Gasteiger partial charge in [0.1, 0.15) is 6.61 Å². The quantitative estimate of drug-likeness (QED) is 0.713. The Morgan fingerprint density at radius 3 is 2.57 bits per heavy atom. The third-order valence-corrected chi connectivity index (χ3v) is 3.39. The first-order chi connectivity index (χ1) is 10.8. The van der Waals surface area contributed by atoms with E-state index in [0.29, 0.717) is 5.56 Å². The van der Waals surface area contributed by atoms with Gasteiger partial charge in [-0.2, -0.15) is 13.2 Å². The van der Waals surface area contributed by atoms with Crippen LogP contribution in [0.2, 0.25) is 0 Å². The summed E-state index contributed by atoms with van der Waals surface area (Å²) in [6.07, 6.45) is -4.36. The minimum Gasteiger partial charge on any atom is -0.481 e. The number of benzene rings is 1. The molecule has 1 aromatic rings. The van der Waals surface area contributed by atoms with Crippen LogP contribution in [0.25, 0.3) is 0 Å². The number of ether oxygens (including phenoxy) is 1. The van der Waals surface area contributed by atoms with Gasteiger partial charge in [0, 0.05) is 6.54 Å². The monoisotopic (exact) mass is 351 g/mol. The lowest BCUT2D eigenvalue weighted by Crippen LogP contribution is -2.25. The van der Waals surface area contributed by atoms with E-state index in [4.69, 9.17) is 5.11 Å². The molecular weight excluding hydrogens is 335 g/mol. The molecular formula is C14H16F3NO4S. The van der Waals surface area contributed by atoms with Crippen LogP contribution in [0.1, 0.15) is 11.1 Å². The van der Waals surface area contributed by atoms with Crippen molar-refractivity contribution in [2.24, 2.45) is 0 Å². The number of thioether (sulfide) groups is 1. The average molecular weight is 351 g/mol. The van der Waals surface area contributed by atoms with E-state index in [2.05, 4.69) is 10.1 Å². The summed E-state index contributed by atoms with van der Waals surface area (Å²) in [4.78, 5) is 21.8. The minimum atomic E-state index is -4.36. The van der Waals surface area contributed by atoms with Crippen LogP contribution in [-0.4, -0.2) is 41.3 Å². The van der Waals surface area contributed by atoms with Gasteiger partial charge in [0.05, 0.1) is 18.1 Å². The number of carboxylic acid groups (broad SMARTS) is 1. The molecule has 0 aliphatic heterocycles. The summed E-state index contributed by atoms with van der Waals surface area (Å²) in [5, 5.41) is 11.1. The number of hydrogen-bond donors (Lipinski definition) is 2. The second kappa shape index (κ2) is 9.41. The van der Waals surface area contributed by atoms with Crippen LogP contribution in [-0.2, 0) is 27.5 Å². The fourth-order valence-corrected chi connectivity index (χ4v) is 2.16. The predicted molar refractivity (Wildman–Crippen MR) is 79.0 cm³/mol. The SMILES string of the molecule is O=C(O)CSCC(=O)NCc1cccc(COCC(F)(F)F)c1. The Balaban J connectivity index is 2.35. The molecule has 0 saturated carbocycles. The molecule has 128 valence electrons. The molecule has 0 spiro atoms. The lowest BCUT2D eigenvalue weighted by atomic mass is 10.1. The van der Waals surface area contributed by atoms with E-state index in [0.717, 1.165) is 17.3 Å². The normalized spacial score (nSPS) is 11.3. The summed E-state index contributed by atoms with van der Waals surface area (Å²) in [7, 11) is 0. The minimum absolute atomic E-state index is 0.0285. The van der Waals surface area contributed by atoms with E-state index in [9.17, 15) is 22.8 Å². The Morgan fingerprint density at radius 1 is 1.22 bits per heavy atom.